The minimum Gasteiger partial charge on any atom is -0.335 e. The summed E-state index contributed by atoms with van der Waals surface area (Å²) in [5.41, 5.74) is -1.29. The highest BCUT2D eigenvalue weighted by Gasteiger charge is 2.55. The second-order valence-corrected chi connectivity index (χ2v) is 13.7. The van der Waals surface area contributed by atoms with Gasteiger partial charge in [-0.3, -0.25) is 14.5 Å². The minimum atomic E-state index is -4.50. The lowest BCUT2D eigenvalue weighted by Crippen LogP contribution is -2.76. The van der Waals surface area contributed by atoms with Crippen molar-refractivity contribution < 1.29 is 40.0 Å². The number of carbonyl (C=O) groups excluding carboxylic acids is 2. The number of sulfonamides is 1. The second-order valence-electron chi connectivity index (χ2n) is 11.0. The summed E-state index contributed by atoms with van der Waals surface area (Å²) in [6.07, 6.45) is -1.03. The smallest absolute Gasteiger partial charge is 0.246 e. The zero-order valence-electron chi connectivity index (χ0n) is 23.0. The maximum absolute atomic E-state index is 14.9. The van der Waals surface area contributed by atoms with E-state index >= 15 is 0 Å². The van der Waals surface area contributed by atoms with Gasteiger partial charge in [0, 0.05) is 29.6 Å². The Balaban J connectivity index is 1.68. The predicted octanol–water partition coefficient (Wildman–Crippen LogP) is 4.17. The van der Waals surface area contributed by atoms with Gasteiger partial charge in [0.05, 0.1) is 11.6 Å². The molecule has 0 N–H and O–H groups in total. The van der Waals surface area contributed by atoms with Crippen molar-refractivity contribution in [1.82, 2.24) is 19.0 Å². The number of likely N-dealkylation sites (tertiary alicyclic amines) is 1. The third-order valence-electron chi connectivity index (χ3n) is 8.19. The Kier molecular flexibility index (Phi) is 8.73. The van der Waals surface area contributed by atoms with Crippen molar-refractivity contribution >= 4 is 45.0 Å². The summed E-state index contributed by atoms with van der Waals surface area (Å²) in [7, 11) is -4.50. The molecule has 0 aromatic heterocycles. The van der Waals surface area contributed by atoms with Crippen molar-refractivity contribution in [2.24, 2.45) is 0 Å². The van der Waals surface area contributed by atoms with E-state index in [1.54, 1.807) is 18.7 Å². The summed E-state index contributed by atoms with van der Waals surface area (Å²) in [6, 6.07) is 0.303. The van der Waals surface area contributed by atoms with Gasteiger partial charge < -0.3 is 9.80 Å². The third-order valence-corrected chi connectivity index (χ3v) is 10.8. The monoisotopic (exact) mass is 668 g/mol. The lowest BCUT2D eigenvalue weighted by atomic mass is 9.95. The van der Waals surface area contributed by atoms with E-state index in [9.17, 15) is 40.0 Å². The summed E-state index contributed by atoms with van der Waals surface area (Å²) < 4.78 is 101. The molecular formula is C27H27Cl2F5N4O4S. The molecule has 16 heteroatoms. The molecule has 3 aliphatic rings. The van der Waals surface area contributed by atoms with E-state index < -0.39 is 87.2 Å². The predicted molar refractivity (Wildman–Crippen MR) is 146 cm³/mol. The molecular weight excluding hydrogens is 642 g/mol. The van der Waals surface area contributed by atoms with Gasteiger partial charge in [0.15, 0.2) is 23.3 Å². The standard InChI is InChI=1S/C27H27Cl2F5N4O4S/c1-13(2)36-12-20-37(43(41,42)19-6-5-14(28)9-16(19)29)11-18(35-7-3-4-8-35)27(40)38(20)17(26(36)39)10-15-21(30)23(32)25(34)24(33)22(15)31/h5-6,9,13,17-18,20H,3-4,7-8,10-12H2,1-2H3. The Labute approximate surface area is 255 Å². The zero-order chi connectivity index (χ0) is 31.5. The third kappa shape index (κ3) is 5.39. The molecule has 2 amide bonds. The fourth-order valence-corrected chi connectivity index (χ4v) is 8.34. The van der Waals surface area contributed by atoms with E-state index in [-0.39, 0.29) is 28.0 Å². The highest BCUT2D eigenvalue weighted by molar-refractivity contribution is 7.89. The summed E-state index contributed by atoms with van der Waals surface area (Å²) in [5, 5.41) is -0.0225. The van der Waals surface area contributed by atoms with E-state index in [0.29, 0.717) is 13.1 Å². The van der Waals surface area contributed by atoms with Gasteiger partial charge in [0.1, 0.15) is 23.1 Å². The number of hydrogen-bond donors (Lipinski definition) is 0. The molecule has 3 fully saturated rings. The molecule has 2 aromatic carbocycles. The molecule has 8 nitrogen and oxygen atoms in total. The van der Waals surface area contributed by atoms with Crippen molar-refractivity contribution in [2.75, 3.05) is 26.2 Å². The van der Waals surface area contributed by atoms with Gasteiger partial charge in [-0.1, -0.05) is 23.2 Å². The van der Waals surface area contributed by atoms with Crippen molar-refractivity contribution in [1.29, 1.82) is 0 Å². The first kappa shape index (κ1) is 31.9. The number of rotatable bonds is 6. The van der Waals surface area contributed by atoms with Gasteiger partial charge in [-0.25, -0.2) is 30.4 Å². The van der Waals surface area contributed by atoms with Crippen LogP contribution in [0.3, 0.4) is 0 Å². The normalized spacial score (nSPS) is 23.9. The Hall–Kier alpha value is -2.52. The van der Waals surface area contributed by atoms with Crippen LogP contribution in [0.2, 0.25) is 10.0 Å². The summed E-state index contributed by atoms with van der Waals surface area (Å²) in [6.45, 7) is 3.46. The van der Waals surface area contributed by atoms with E-state index in [4.69, 9.17) is 23.2 Å². The van der Waals surface area contributed by atoms with Crippen molar-refractivity contribution in [3.63, 3.8) is 0 Å². The largest absolute Gasteiger partial charge is 0.335 e. The van der Waals surface area contributed by atoms with Gasteiger partial charge in [-0.15, -0.1) is 0 Å². The van der Waals surface area contributed by atoms with E-state index in [2.05, 4.69) is 0 Å². The Morgan fingerprint density at radius 1 is 0.884 bits per heavy atom. The SMILES string of the molecule is CC(C)N1CC2N(C(=O)C(N3CCCC3)CN2S(=O)(=O)c2ccc(Cl)cc2Cl)C(Cc2c(F)c(F)c(F)c(F)c2F)C1=O. The van der Waals surface area contributed by atoms with Crippen molar-refractivity contribution in [3.05, 3.63) is 62.9 Å². The van der Waals surface area contributed by atoms with Gasteiger partial charge >= 0.3 is 0 Å². The summed E-state index contributed by atoms with van der Waals surface area (Å²) in [4.78, 5) is 31.5. The van der Waals surface area contributed by atoms with Crippen LogP contribution < -0.4 is 0 Å². The van der Waals surface area contributed by atoms with Crippen molar-refractivity contribution in [3.8, 4) is 0 Å². The first-order valence-corrected chi connectivity index (χ1v) is 15.7. The molecule has 0 aliphatic carbocycles. The van der Waals surface area contributed by atoms with Gasteiger partial charge in [-0.2, -0.15) is 4.31 Å². The molecule has 0 spiro atoms. The van der Waals surface area contributed by atoms with Gasteiger partial charge in [-0.05, 0) is 58.0 Å². The molecule has 0 saturated carbocycles. The molecule has 3 heterocycles. The van der Waals surface area contributed by atoms with Crippen LogP contribution in [0.1, 0.15) is 32.3 Å². The number of amides is 2. The molecule has 5 rings (SSSR count). The minimum absolute atomic E-state index is 0.173. The average Bonchev–Trinajstić information content (AvgIpc) is 3.48. The highest BCUT2D eigenvalue weighted by Crippen LogP contribution is 2.37. The van der Waals surface area contributed by atoms with E-state index in [1.807, 2.05) is 0 Å². The number of hydrogen-bond acceptors (Lipinski definition) is 5. The van der Waals surface area contributed by atoms with Crippen LogP contribution in [0.15, 0.2) is 23.1 Å². The number of piperazine rings is 1. The van der Waals surface area contributed by atoms with Gasteiger partial charge in [0.25, 0.3) is 0 Å². The lowest BCUT2D eigenvalue weighted by molar-refractivity contribution is -0.171. The molecule has 3 saturated heterocycles. The number of nitrogens with zero attached hydrogens (tertiary/aromatic N) is 4. The van der Waals surface area contributed by atoms with Crippen molar-refractivity contribution in [2.45, 2.75) is 62.3 Å². The maximum Gasteiger partial charge on any atom is 0.246 e. The molecule has 2 aromatic rings. The van der Waals surface area contributed by atoms with Gasteiger partial charge in [0.2, 0.25) is 27.7 Å². The lowest BCUT2D eigenvalue weighted by Gasteiger charge is -2.55. The van der Waals surface area contributed by atoms with Crippen LogP contribution in [0, 0.1) is 29.1 Å². The Morgan fingerprint density at radius 2 is 1.47 bits per heavy atom. The fourth-order valence-electron chi connectivity index (χ4n) is 6.01. The topological polar surface area (TPSA) is 81.2 Å². The molecule has 3 aliphatic heterocycles. The van der Waals surface area contributed by atoms with Crippen LogP contribution in [-0.2, 0) is 26.0 Å². The highest BCUT2D eigenvalue weighted by atomic mass is 35.5. The number of carbonyl (C=O) groups is 2. The van der Waals surface area contributed by atoms with E-state index in [0.717, 1.165) is 22.0 Å². The van der Waals surface area contributed by atoms with Crippen LogP contribution in [-0.4, -0.2) is 89.7 Å². The Bertz CT molecular complexity index is 1560. The molecule has 3 atom stereocenters. The molecule has 43 heavy (non-hydrogen) atoms. The second kappa shape index (κ2) is 11.8. The first-order valence-electron chi connectivity index (χ1n) is 13.5. The number of benzene rings is 2. The summed E-state index contributed by atoms with van der Waals surface area (Å²) in [5.74, 6) is -12.6. The van der Waals surface area contributed by atoms with E-state index in [1.165, 1.54) is 23.1 Å². The Morgan fingerprint density at radius 3 is 2.02 bits per heavy atom. The molecule has 3 unspecified atom stereocenters. The first-order chi connectivity index (χ1) is 20.2. The van der Waals surface area contributed by atoms with Crippen LogP contribution in [0.5, 0.6) is 0 Å². The quantitative estimate of drug-likeness (QED) is 0.262. The maximum atomic E-state index is 14.9. The molecule has 0 radical (unpaired) electrons. The van der Waals surface area contributed by atoms with Crippen LogP contribution >= 0.6 is 23.2 Å². The fraction of sp³-hybridized carbons (Fsp3) is 0.481. The summed E-state index contributed by atoms with van der Waals surface area (Å²) >= 11 is 12.3. The van der Waals surface area contributed by atoms with Crippen LogP contribution in [0.4, 0.5) is 22.0 Å². The number of halogens is 7. The average molecular weight is 670 g/mol. The molecule has 234 valence electrons. The molecule has 0 bridgehead atoms. The number of fused-ring (bicyclic) bond motifs is 1. The zero-order valence-corrected chi connectivity index (χ0v) is 25.3. The van der Waals surface area contributed by atoms with Crippen LogP contribution in [0.25, 0.3) is 0 Å².